The topological polar surface area (TPSA) is 119 Å². The van der Waals surface area contributed by atoms with Crippen LogP contribution in [0.25, 0.3) is 22.3 Å². The lowest BCUT2D eigenvalue weighted by Gasteiger charge is -2.30. The van der Waals surface area contributed by atoms with E-state index >= 15 is 0 Å². The lowest BCUT2D eigenvalue weighted by atomic mass is 10.1. The molecule has 10 nitrogen and oxygen atoms in total. The lowest BCUT2D eigenvalue weighted by molar-refractivity contribution is -0.128. The van der Waals surface area contributed by atoms with Gasteiger partial charge in [0, 0.05) is 17.0 Å². The van der Waals surface area contributed by atoms with Crippen LogP contribution in [-0.4, -0.2) is 43.0 Å². The summed E-state index contributed by atoms with van der Waals surface area (Å²) < 4.78 is 19.3. The number of tetrazole rings is 1. The van der Waals surface area contributed by atoms with Crippen molar-refractivity contribution in [2.75, 3.05) is 4.90 Å². The summed E-state index contributed by atoms with van der Waals surface area (Å²) in [6.07, 6.45) is 5.43. The van der Waals surface area contributed by atoms with Gasteiger partial charge in [0.1, 0.15) is 23.9 Å². The highest BCUT2D eigenvalue weighted by Crippen LogP contribution is 2.32. The zero-order valence-electron chi connectivity index (χ0n) is 22.4. The van der Waals surface area contributed by atoms with Crippen LogP contribution in [0.3, 0.4) is 0 Å². The molecule has 5 aromatic rings. The number of nitrogens with one attached hydrogen (secondary N) is 1. The van der Waals surface area contributed by atoms with Gasteiger partial charge < -0.3 is 9.73 Å². The molecule has 0 spiro atoms. The van der Waals surface area contributed by atoms with Gasteiger partial charge in [0.15, 0.2) is 6.04 Å². The van der Waals surface area contributed by atoms with Crippen molar-refractivity contribution in [2.24, 2.45) is 0 Å². The van der Waals surface area contributed by atoms with E-state index in [-0.39, 0.29) is 30.1 Å². The number of pyridine rings is 1. The zero-order chi connectivity index (χ0) is 28.3. The van der Waals surface area contributed by atoms with E-state index in [2.05, 4.69) is 25.7 Å². The van der Waals surface area contributed by atoms with E-state index in [0.29, 0.717) is 22.8 Å². The van der Waals surface area contributed by atoms with Crippen LogP contribution in [0.15, 0.2) is 77.3 Å². The number of rotatable bonds is 8. The Hall–Kier alpha value is -4.93. The average Bonchev–Trinajstić information content (AvgIpc) is 3.75. The van der Waals surface area contributed by atoms with Crippen molar-refractivity contribution < 1.29 is 18.4 Å². The Labute approximate surface area is 235 Å². The van der Waals surface area contributed by atoms with E-state index < -0.39 is 11.9 Å². The summed E-state index contributed by atoms with van der Waals surface area (Å²) in [5.74, 6) is -0.000314. The fourth-order valence-corrected chi connectivity index (χ4v) is 5.17. The van der Waals surface area contributed by atoms with Crippen LogP contribution in [0.5, 0.6) is 0 Å². The molecule has 3 aromatic heterocycles. The molecule has 1 aliphatic carbocycles. The number of hydrogen-bond donors (Lipinski definition) is 1. The second-order valence-corrected chi connectivity index (χ2v) is 10.1. The second-order valence-electron chi connectivity index (χ2n) is 10.1. The molecule has 0 saturated heterocycles. The number of anilines is 1. The normalized spacial score (nSPS) is 14.3. The smallest absolute Gasteiger partial charge is 0.251 e. The van der Waals surface area contributed by atoms with Crippen molar-refractivity contribution in [3.8, 4) is 11.4 Å². The molecule has 1 atom stereocenters. The number of fused-ring (bicyclic) bond motifs is 1. The van der Waals surface area contributed by atoms with Crippen molar-refractivity contribution in [1.29, 1.82) is 0 Å². The van der Waals surface area contributed by atoms with Crippen LogP contribution in [0.1, 0.15) is 43.2 Å². The molecule has 41 heavy (non-hydrogen) atoms. The molecule has 208 valence electrons. The summed E-state index contributed by atoms with van der Waals surface area (Å²) in [6, 6.07) is 17.4. The van der Waals surface area contributed by atoms with E-state index in [4.69, 9.17) is 4.42 Å². The Bertz CT molecular complexity index is 1690. The van der Waals surface area contributed by atoms with E-state index in [1.54, 1.807) is 25.3 Å². The highest BCUT2D eigenvalue weighted by molar-refractivity contribution is 6.02. The first-order chi connectivity index (χ1) is 19.9. The number of aryl methyl sites for hydroxylation is 1. The minimum atomic E-state index is -1.10. The molecule has 0 unspecified atom stereocenters. The Kier molecular flexibility index (Phi) is 7.24. The van der Waals surface area contributed by atoms with Crippen LogP contribution in [0, 0.1) is 12.7 Å². The van der Waals surface area contributed by atoms with E-state index in [0.717, 1.165) is 41.4 Å². The molecule has 0 aliphatic heterocycles. The molecular formula is C30H28FN7O3. The summed E-state index contributed by atoms with van der Waals surface area (Å²) in [4.78, 5) is 35.1. The zero-order valence-corrected chi connectivity index (χ0v) is 22.4. The summed E-state index contributed by atoms with van der Waals surface area (Å²) in [6.45, 7) is 1.48. The van der Waals surface area contributed by atoms with Crippen LogP contribution in [-0.2, 0) is 16.1 Å². The van der Waals surface area contributed by atoms with Gasteiger partial charge >= 0.3 is 0 Å². The number of furan rings is 1. The van der Waals surface area contributed by atoms with Gasteiger partial charge in [-0.2, -0.15) is 4.80 Å². The summed E-state index contributed by atoms with van der Waals surface area (Å²) in [5.41, 5.74) is 1.74. The fourth-order valence-electron chi connectivity index (χ4n) is 5.17. The monoisotopic (exact) mass is 553 g/mol. The largest absolute Gasteiger partial charge is 0.464 e. The van der Waals surface area contributed by atoms with Crippen molar-refractivity contribution in [3.05, 3.63) is 90.3 Å². The van der Waals surface area contributed by atoms with Crippen molar-refractivity contribution >= 4 is 28.4 Å². The fraction of sp³-hybridized carbons (Fsp3) is 0.267. The average molecular weight is 554 g/mol. The predicted molar refractivity (Wildman–Crippen MR) is 149 cm³/mol. The number of carbonyl (C=O) groups is 2. The SMILES string of the molecule is Cc1ccc([C@@H](C(=O)NC2CCCC2)N(C(=O)Cn2nnc(-c3ccc(F)cc3)n2)c2cnc3ccccc3c2)o1. The highest BCUT2D eigenvalue weighted by atomic mass is 19.1. The predicted octanol–water partition coefficient (Wildman–Crippen LogP) is 4.76. The Morgan fingerprint density at radius 1 is 1.10 bits per heavy atom. The Balaban J connectivity index is 1.38. The van der Waals surface area contributed by atoms with Crippen LogP contribution >= 0.6 is 0 Å². The maximum absolute atomic E-state index is 14.1. The first-order valence-electron chi connectivity index (χ1n) is 13.5. The third-order valence-corrected chi connectivity index (χ3v) is 7.19. The molecule has 2 amide bonds. The number of hydrogen-bond acceptors (Lipinski definition) is 7. The Morgan fingerprint density at radius 2 is 1.88 bits per heavy atom. The van der Waals surface area contributed by atoms with Gasteiger partial charge in [0.2, 0.25) is 5.82 Å². The number of nitrogens with zero attached hydrogens (tertiary/aromatic N) is 6. The molecule has 1 N–H and O–H groups in total. The Morgan fingerprint density at radius 3 is 2.63 bits per heavy atom. The van der Waals surface area contributed by atoms with Crippen molar-refractivity contribution in [3.63, 3.8) is 0 Å². The maximum atomic E-state index is 14.1. The summed E-state index contributed by atoms with van der Waals surface area (Å²) in [7, 11) is 0. The number of aromatic nitrogens is 5. The summed E-state index contributed by atoms with van der Waals surface area (Å²) in [5, 5.41) is 16.3. The molecule has 1 saturated carbocycles. The number of para-hydroxylation sites is 1. The van der Waals surface area contributed by atoms with Crippen LogP contribution in [0.4, 0.5) is 10.1 Å². The first kappa shape index (κ1) is 26.3. The van der Waals surface area contributed by atoms with E-state index in [1.807, 2.05) is 30.3 Å². The third kappa shape index (κ3) is 5.69. The van der Waals surface area contributed by atoms with Gasteiger partial charge in [-0.1, -0.05) is 31.0 Å². The molecule has 6 rings (SSSR count). The number of halogens is 1. The molecule has 3 heterocycles. The standard InChI is InChI=1S/C30H28FN7O3/c1-19-10-15-26(41-19)28(30(40)33-23-7-3-4-8-23)38(24-16-21-6-2-5-9-25(21)32-17-24)27(39)18-37-35-29(34-36-37)20-11-13-22(31)14-12-20/h2,5-6,9-17,23,28H,3-4,7-8,18H2,1H3,(H,33,40)/t28-/m0/s1. The molecular weight excluding hydrogens is 525 g/mol. The number of amides is 2. The number of benzene rings is 2. The van der Waals surface area contributed by atoms with Gasteiger partial charge in [-0.3, -0.25) is 19.5 Å². The highest BCUT2D eigenvalue weighted by Gasteiger charge is 2.37. The molecule has 0 radical (unpaired) electrons. The molecule has 1 fully saturated rings. The molecule has 2 aromatic carbocycles. The van der Waals surface area contributed by atoms with Crippen molar-refractivity contribution in [1.82, 2.24) is 30.5 Å². The van der Waals surface area contributed by atoms with Gasteiger partial charge in [-0.05, 0) is 73.5 Å². The van der Waals surface area contributed by atoms with Gasteiger partial charge in [-0.25, -0.2) is 4.39 Å². The van der Waals surface area contributed by atoms with Gasteiger partial charge in [-0.15, -0.1) is 10.2 Å². The lowest BCUT2D eigenvalue weighted by Crippen LogP contribution is -2.47. The summed E-state index contributed by atoms with van der Waals surface area (Å²) >= 11 is 0. The minimum Gasteiger partial charge on any atom is -0.464 e. The molecule has 11 heteroatoms. The van der Waals surface area contributed by atoms with Crippen LogP contribution in [0.2, 0.25) is 0 Å². The molecule has 0 bridgehead atoms. The molecule has 1 aliphatic rings. The third-order valence-electron chi connectivity index (χ3n) is 7.19. The van der Waals surface area contributed by atoms with E-state index in [9.17, 15) is 14.0 Å². The quantitative estimate of drug-likeness (QED) is 0.294. The van der Waals surface area contributed by atoms with E-state index in [1.165, 1.54) is 29.2 Å². The first-order valence-corrected chi connectivity index (χ1v) is 13.5. The van der Waals surface area contributed by atoms with Crippen molar-refractivity contribution in [2.45, 2.75) is 51.2 Å². The maximum Gasteiger partial charge on any atom is 0.251 e. The van der Waals surface area contributed by atoms with Gasteiger partial charge in [0.05, 0.1) is 17.4 Å². The van der Waals surface area contributed by atoms with Gasteiger partial charge in [0.25, 0.3) is 11.8 Å². The minimum absolute atomic E-state index is 0.0305. The van der Waals surface area contributed by atoms with Crippen LogP contribution < -0.4 is 10.2 Å². The second kappa shape index (κ2) is 11.3. The number of carbonyl (C=O) groups excluding carboxylic acids is 2.